The lowest BCUT2D eigenvalue weighted by Gasteiger charge is -2.10. The van der Waals surface area contributed by atoms with E-state index in [1.165, 1.54) is 0 Å². The van der Waals surface area contributed by atoms with Crippen LogP contribution in [-0.4, -0.2) is 45.4 Å². The molecule has 0 aliphatic carbocycles. The van der Waals surface area contributed by atoms with Crippen LogP contribution < -0.4 is 0 Å². The molecule has 0 aromatic rings. The van der Waals surface area contributed by atoms with Crippen molar-refractivity contribution in [2.24, 2.45) is 0 Å². The van der Waals surface area contributed by atoms with Gasteiger partial charge in [-0.05, 0) is 13.3 Å². The SMILES string of the molecule is CCC(=O)C(C)OCCOCCCOC. The molecule has 0 aliphatic heterocycles. The average Bonchev–Trinajstić information content (AvgIpc) is 2.26. The predicted octanol–water partition coefficient (Wildman–Crippen LogP) is 1.42. The lowest BCUT2D eigenvalue weighted by atomic mass is 10.2. The highest BCUT2D eigenvalue weighted by Crippen LogP contribution is 1.96. The Morgan fingerprint density at radius 3 is 2.53 bits per heavy atom. The van der Waals surface area contributed by atoms with Gasteiger partial charge in [-0.25, -0.2) is 0 Å². The van der Waals surface area contributed by atoms with Gasteiger partial charge in [-0.3, -0.25) is 4.79 Å². The first-order chi connectivity index (χ1) is 7.22. The summed E-state index contributed by atoms with van der Waals surface area (Å²) in [7, 11) is 1.67. The molecular formula is C11H22O4. The number of carbonyl (C=O) groups excluding carboxylic acids is 1. The number of carbonyl (C=O) groups is 1. The van der Waals surface area contributed by atoms with E-state index in [4.69, 9.17) is 14.2 Å². The molecule has 4 heteroatoms. The Kier molecular flexibility index (Phi) is 9.78. The van der Waals surface area contributed by atoms with Gasteiger partial charge in [0.2, 0.25) is 0 Å². The molecule has 90 valence electrons. The van der Waals surface area contributed by atoms with Crippen molar-refractivity contribution in [1.29, 1.82) is 0 Å². The third kappa shape index (κ3) is 8.54. The van der Waals surface area contributed by atoms with Gasteiger partial charge in [0.15, 0.2) is 5.78 Å². The Morgan fingerprint density at radius 2 is 1.93 bits per heavy atom. The molecule has 0 N–H and O–H groups in total. The molecule has 0 rings (SSSR count). The number of hydrogen-bond acceptors (Lipinski definition) is 4. The molecule has 0 aliphatic rings. The molecule has 0 spiro atoms. The van der Waals surface area contributed by atoms with Gasteiger partial charge < -0.3 is 14.2 Å². The fraction of sp³-hybridized carbons (Fsp3) is 0.909. The summed E-state index contributed by atoms with van der Waals surface area (Å²) in [4.78, 5) is 11.1. The van der Waals surface area contributed by atoms with Crippen LogP contribution in [0.4, 0.5) is 0 Å². The van der Waals surface area contributed by atoms with Gasteiger partial charge in [-0.15, -0.1) is 0 Å². The summed E-state index contributed by atoms with van der Waals surface area (Å²) in [6.45, 7) is 6.00. The first-order valence-corrected chi connectivity index (χ1v) is 5.43. The Labute approximate surface area is 91.9 Å². The fourth-order valence-corrected chi connectivity index (χ4v) is 1.07. The molecule has 15 heavy (non-hydrogen) atoms. The maximum absolute atomic E-state index is 11.1. The van der Waals surface area contributed by atoms with Crippen LogP contribution in [0.5, 0.6) is 0 Å². The molecule has 0 heterocycles. The summed E-state index contributed by atoms with van der Waals surface area (Å²) >= 11 is 0. The summed E-state index contributed by atoms with van der Waals surface area (Å²) in [6.07, 6.45) is 1.10. The fourth-order valence-electron chi connectivity index (χ4n) is 1.07. The summed E-state index contributed by atoms with van der Waals surface area (Å²) in [5.41, 5.74) is 0. The van der Waals surface area contributed by atoms with Crippen molar-refractivity contribution in [3.05, 3.63) is 0 Å². The zero-order chi connectivity index (χ0) is 11.5. The molecule has 0 amide bonds. The molecule has 1 unspecified atom stereocenters. The highest BCUT2D eigenvalue weighted by molar-refractivity contribution is 5.82. The van der Waals surface area contributed by atoms with Gasteiger partial charge in [-0.2, -0.15) is 0 Å². The topological polar surface area (TPSA) is 44.8 Å². The Morgan fingerprint density at radius 1 is 1.20 bits per heavy atom. The number of ether oxygens (including phenoxy) is 3. The Bertz CT molecular complexity index is 159. The Hall–Kier alpha value is -0.450. The van der Waals surface area contributed by atoms with Crippen molar-refractivity contribution in [3.8, 4) is 0 Å². The van der Waals surface area contributed by atoms with Gasteiger partial charge in [0.05, 0.1) is 13.2 Å². The number of hydrogen-bond donors (Lipinski definition) is 0. The van der Waals surface area contributed by atoms with Gasteiger partial charge >= 0.3 is 0 Å². The number of methoxy groups -OCH3 is 1. The van der Waals surface area contributed by atoms with Crippen LogP contribution in [0.2, 0.25) is 0 Å². The molecule has 1 atom stereocenters. The summed E-state index contributed by atoms with van der Waals surface area (Å²) in [6, 6.07) is 0. The van der Waals surface area contributed by atoms with Gasteiger partial charge in [-0.1, -0.05) is 6.92 Å². The summed E-state index contributed by atoms with van der Waals surface area (Å²) in [5.74, 6) is 0.134. The molecular weight excluding hydrogens is 196 g/mol. The van der Waals surface area contributed by atoms with Gasteiger partial charge in [0, 0.05) is 26.7 Å². The molecule has 0 bridgehead atoms. The predicted molar refractivity (Wildman–Crippen MR) is 58.0 cm³/mol. The van der Waals surface area contributed by atoms with E-state index in [2.05, 4.69) is 0 Å². The van der Waals surface area contributed by atoms with Crippen LogP contribution in [0.3, 0.4) is 0 Å². The largest absolute Gasteiger partial charge is 0.385 e. The van der Waals surface area contributed by atoms with E-state index in [-0.39, 0.29) is 11.9 Å². The van der Waals surface area contributed by atoms with E-state index in [0.717, 1.165) is 6.42 Å². The highest BCUT2D eigenvalue weighted by atomic mass is 16.5. The third-order valence-corrected chi connectivity index (χ3v) is 2.03. The minimum absolute atomic E-state index is 0.134. The number of Topliss-reactive ketones (excluding diaryl/α,β-unsaturated/α-hetero) is 1. The molecule has 0 radical (unpaired) electrons. The molecule has 4 nitrogen and oxygen atoms in total. The quantitative estimate of drug-likeness (QED) is 0.520. The van der Waals surface area contributed by atoms with Crippen molar-refractivity contribution in [2.75, 3.05) is 33.5 Å². The second-order valence-corrected chi connectivity index (χ2v) is 3.29. The summed E-state index contributed by atoms with van der Waals surface area (Å²) < 4.78 is 15.5. The Balaban J connectivity index is 3.20. The zero-order valence-electron chi connectivity index (χ0n) is 9.95. The second-order valence-electron chi connectivity index (χ2n) is 3.29. The number of rotatable bonds is 10. The van der Waals surface area contributed by atoms with Gasteiger partial charge in [0.1, 0.15) is 6.10 Å². The number of ketones is 1. The van der Waals surface area contributed by atoms with Gasteiger partial charge in [0.25, 0.3) is 0 Å². The zero-order valence-corrected chi connectivity index (χ0v) is 9.95. The average molecular weight is 218 g/mol. The first kappa shape index (κ1) is 14.6. The van der Waals surface area contributed by atoms with E-state index in [9.17, 15) is 4.79 Å². The molecule has 0 aromatic heterocycles. The second kappa shape index (κ2) is 10.1. The van der Waals surface area contributed by atoms with Crippen molar-refractivity contribution < 1.29 is 19.0 Å². The van der Waals surface area contributed by atoms with Crippen LogP contribution in [-0.2, 0) is 19.0 Å². The molecule has 0 saturated heterocycles. The monoisotopic (exact) mass is 218 g/mol. The van der Waals surface area contributed by atoms with E-state index < -0.39 is 0 Å². The van der Waals surface area contributed by atoms with Crippen LogP contribution in [0.1, 0.15) is 26.7 Å². The van der Waals surface area contributed by atoms with Crippen LogP contribution in [0.25, 0.3) is 0 Å². The van der Waals surface area contributed by atoms with Crippen molar-refractivity contribution in [2.45, 2.75) is 32.8 Å². The third-order valence-electron chi connectivity index (χ3n) is 2.03. The molecule has 0 saturated carbocycles. The van der Waals surface area contributed by atoms with Crippen LogP contribution in [0, 0.1) is 0 Å². The molecule has 0 fully saturated rings. The van der Waals surface area contributed by atoms with E-state index in [1.807, 2.05) is 6.92 Å². The minimum atomic E-state index is -0.308. The first-order valence-electron chi connectivity index (χ1n) is 5.43. The maximum atomic E-state index is 11.1. The van der Waals surface area contributed by atoms with Crippen LogP contribution >= 0.6 is 0 Å². The van der Waals surface area contributed by atoms with E-state index in [1.54, 1.807) is 14.0 Å². The smallest absolute Gasteiger partial charge is 0.160 e. The molecule has 0 aromatic carbocycles. The minimum Gasteiger partial charge on any atom is -0.385 e. The van der Waals surface area contributed by atoms with Crippen molar-refractivity contribution in [1.82, 2.24) is 0 Å². The van der Waals surface area contributed by atoms with Crippen LogP contribution in [0.15, 0.2) is 0 Å². The summed E-state index contributed by atoms with van der Waals surface area (Å²) in [5, 5.41) is 0. The van der Waals surface area contributed by atoms with Crippen molar-refractivity contribution >= 4 is 5.78 Å². The van der Waals surface area contributed by atoms with Crippen molar-refractivity contribution in [3.63, 3.8) is 0 Å². The standard InChI is InChI=1S/C11H22O4/c1-4-11(12)10(2)15-9-8-14-7-5-6-13-3/h10H,4-9H2,1-3H3. The van der Waals surface area contributed by atoms with E-state index in [0.29, 0.717) is 32.8 Å². The normalized spacial score (nSPS) is 12.7. The lowest BCUT2D eigenvalue weighted by Crippen LogP contribution is -2.22. The maximum Gasteiger partial charge on any atom is 0.160 e. The highest BCUT2D eigenvalue weighted by Gasteiger charge is 2.09. The lowest BCUT2D eigenvalue weighted by molar-refractivity contribution is -0.130. The van der Waals surface area contributed by atoms with E-state index >= 15 is 0 Å².